The molecule has 0 radical (unpaired) electrons. The lowest BCUT2D eigenvalue weighted by molar-refractivity contribution is -0.142. The van der Waals surface area contributed by atoms with Gasteiger partial charge in [0.1, 0.15) is 5.75 Å². The number of carbonyl (C=O) groups is 1. The molecule has 1 amide bonds. The number of benzene rings is 1. The number of thiocarbonyl (C=S) groups is 1. The van der Waals surface area contributed by atoms with Crippen molar-refractivity contribution in [1.29, 1.82) is 0 Å². The Bertz CT molecular complexity index is 498. The van der Waals surface area contributed by atoms with Crippen LogP contribution in [0.15, 0.2) is 24.3 Å². The van der Waals surface area contributed by atoms with Crippen molar-refractivity contribution in [3.63, 3.8) is 0 Å². The van der Waals surface area contributed by atoms with Gasteiger partial charge in [-0.05, 0) is 24.6 Å². The number of nitrogens with zero attached hydrogens (tertiary/aromatic N) is 1. The van der Waals surface area contributed by atoms with Gasteiger partial charge in [0.15, 0.2) is 6.10 Å². The predicted molar refractivity (Wildman–Crippen MR) is 84.4 cm³/mol. The van der Waals surface area contributed by atoms with Crippen LogP contribution in [-0.2, 0) is 16.0 Å². The van der Waals surface area contributed by atoms with Gasteiger partial charge in [0, 0.05) is 19.5 Å². The fourth-order valence-corrected chi connectivity index (χ4v) is 2.35. The molecule has 6 heteroatoms. The predicted octanol–water partition coefficient (Wildman–Crippen LogP) is 1.14. The highest BCUT2D eigenvalue weighted by Crippen LogP contribution is 2.15. The molecule has 1 atom stereocenters. The van der Waals surface area contributed by atoms with Crippen molar-refractivity contribution >= 4 is 23.1 Å². The number of ether oxygens (including phenoxy) is 2. The molecule has 1 aliphatic heterocycles. The van der Waals surface area contributed by atoms with Crippen LogP contribution in [0.3, 0.4) is 0 Å². The molecular weight excluding hydrogens is 288 g/mol. The van der Waals surface area contributed by atoms with Crippen LogP contribution in [0.5, 0.6) is 5.75 Å². The van der Waals surface area contributed by atoms with Gasteiger partial charge in [-0.25, -0.2) is 0 Å². The third kappa shape index (κ3) is 4.68. The van der Waals surface area contributed by atoms with E-state index in [1.165, 1.54) is 0 Å². The van der Waals surface area contributed by atoms with E-state index in [1.807, 2.05) is 24.3 Å². The van der Waals surface area contributed by atoms with Crippen molar-refractivity contribution in [2.24, 2.45) is 5.73 Å². The average Bonchev–Trinajstić information content (AvgIpc) is 2.49. The highest BCUT2D eigenvalue weighted by molar-refractivity contribution is 7.80. The minimum atomic E-state index is -0.510. The van der Waals surface area contributed by atoms with Crippen LogP contribution >= 0.6 is 12.2 Å². The van der Waals surface area contributed by atoms with Crippen molar-refractivity contribution in [3.8, 4) is 5.75 Å². The Hall–Kier alpha value is -1.66. The van der Waals surface area contributed by atoms with Gasteiger partial charge < -0.3 is 20.1 Å². The Morgan fingerprint density at radius 2 is 2.00 bits per heavy atom. The number of morpholine rings is 1. The Kier molecular flexibility index (Phi) is 5.52. The molecule has 1 fully saturated rings. The molecule has 0 saturated carbocycles. The number of rotatable bonds is 5. The van der Waals surface area contributed by atoms with Gasteiger partial charge in [-0.1, -0.05) is 24.4 Å². The molecule has 5 nitrogen and oxygen atoms in total. The van der Waals surface area contributed by atoms with Gasteiger partial charge in [-0.3, -0.25) is 4.79 Å². The molecule has 0 aromatic heterocycles. The molecule has 1 aliphatic rings. The topological polar surface area (TPSA) is 64.8 Å². The maximum atomic E-state index is 12.2. The van der Waals surface area contributed by atoms with Gasteiger partial charge in [0.25, 0.3) is 5.91 Å². The molecule has 1 unspecified atom stereocenters. The van der Waals surface area contributed by atoms with Gasteiger partial charge >= 0.3 is 0 Å². The minimum Gasteiger partial charge on any atom is -0.481 e. The molecule has 21 heavy (non-hydrogen) atoms. The fourth-order valence-electron chi connectivity index (χ4n) is 2.18. The molecule has 0 spiro atoms. The second-order valence-corrected chi connectivity index (χ2v) is 5.51. The fraction of sp³-hybridized carbons (Fsp3) is 0.467. The van der Waals surface area contributed by atoms with E-state index in [1.54, 1.807) is 11.8 Å². The maximum Gasteiger partial charge on any atom is 0.263 e. The Balaban J connectivity index is 1.90. The molecule has 2 rings (SSSR count). The Morgan fingerprint density at radius 1 is 1.38 bits per heavy atom. The number of hydrogen-bond donors (Lipinski definition) is 1. The van der Waals surface area contributed by atoms with E-state index in [9.17, 15) is 4.79 Å². The van der Waals surface area contributed by atoms with Crippen molar-refractivity contribution in [2.75, 3.05) is 26.3 Å². The van der Waals surface area contributed by atoms with Crippen molar-refractivity contribution in [2.45, 2.75) is 19.4 Å². The summed E-state index contributed by atoms with van der Waals surface area (Å²) in [5, 5.41) is 0. The van der Waals surface area contributed by atoms with Crippen LogP contribution in [-0.4, -0.2) is 48.2 Å². The maximum absolute atomic E-state index is 12.2. The third-order valence-electron chi connectivity index (χ3n) is 3.29. The van der Waals surface area contributed by atoms with Gasteiger partial charge in [0.2, 0.25) is 0 Å². The van der Waals surface area contributed by atoms with Crippen molar-refractivity contribution < 1.29 is 14.3 Å². The quantitative estimate of drug-likeness (QED) is 0.827. The third-order valence-corrected chi connectivity index (χ3v) is 3.43. The van der Waals surface area contributed by atoms with Crippen LogP contribution < -0.4 is 10.5 Å². The van der Waals surface area contributed by atoms with Crippen LogP contribution in [0.2, 0.25) is 0 Å². The van der Waals surface area contributed by atoms with Crippen molar-refractivity contribution in [3.05, 3.63) is 29.8 Å². The summed E-state index contributed by atoms with van der Waals surface area (Å²) in [6, 6.07) is 7.47. The van der Waals surface area contributed by atoms with Gasteiger partial charge in [0.05, 0.1) is 18.2 Å². The first-order valence-electron chi connectivity index (χ1n) is 6.96. The monoisotopic (exact) mass is 308 g/mol. The summed E-state index contributed by atoms with van der Waals surface area (Å²) in [5.41, 5.74) is 6.54. The summed E-state index contributed by atoms with van der Waals surface area (Å²) >= 11 is 4.87. The molecule has 114 valence electrons. The molecule has 1 saturated heterocycles. The summed E-state index contributed by atoms with van der Waals surface area (Å²) in [5.74, 6) is 0.654. The lowest BCUT2D eigenvalue weighted by atomic mass is 10.1. The first-order chi connectivity index (χ1) is 10.1. The van der Waals surface area contributed by atoms with Gasteiger partial charge in [-0.15, -0.1) is 0 Å². The molecular formula is C15H20N2O3S. The standard InChI is InChI=1S/C15H20N2O3S/c1-11(15(18)17-6-8-19-9-7-17)20-13-4-2-12(3-5-13)10-14(16)21/h2-5,11H,6-10H2,1H3,(H2,16,21). The highest BCUT2D eigenvalue weighted by atomic mass is 32.1. The number of amides is 1. The molecule has 1 aromatic carbocycles. The lowest BCUT2D eigenvalue weighted by Crippen LogP contribution is -2.46. The van der Waals surface area contributed by atoms with E-state index in [0.29, 0.717) is 43.5 Å². The zero-order valence-corrected chi connectivity index (χ0v) is 12.9. The minimum absolute atomic E-state index is 0.00878. The highest BCUT2D eigenvalue weighted by Gasteiger charge is 2.23. The normalized spacial score (nSPS) is 16.3. The summed E-state index contributed by atoms with van der Waals surface area (Å²) in [4.78, 5) is 14.5. The molecule has 0 aliphatic carbocycles. The van der Waals surface area contributed by atoms with Crippen LogP contribution in [0, 0.1) is 0 Å². The Labute approximate surface area is 130 Å². The van der Waals surface area contributed by atoms with Gasteiger partial charge in [-0.2, -0.15) is 0 Å². The summed E-state index contributed by atoms with van der Waals surface area (Å²) < 4.78 is 10.9. The van der Waals surface area contributed by atoms with E-state index in [4.69, 9.17) is 27.4 Å². The van der Waals surface area contributed by atoms with Crippen LogP contribution in [0.25, 0.3) is 0 Å². The van der Waals surface area contributed by atoms with E-state index >= 15 is 0 Å². The molecule has 0 bridgehead atoms. The Morgan fingerprint density at radius 3 is 2.57 bits per heavy atom. The molecule has 1 aromatic rings. The summed E-state index contributed by atoms with van der Waals surface area (Å²) in [6.45, 7) is 4.19. The number of carbonyl (C=O) groups excluding carboxylic acids is 1. The molecule has 1 heterocycles. The first kappa shape index (κ1) is 15.7. The zero-order valence-electron chi connectivity index (χ0n) is 12.1. The second-order valence-electron chi connectivity index (χ2n) is 4.98. The second kappa shape index (κ2) is 7.38. The van der Waals surface area contributed by atoms with Crippen LogP contribution in [0.1, 0.15) is 12.5 Å². The van der Waals surface area contributed by atoms with Crippen molar-refractivity contribution in [1.82, 2.24) is 4.90 Å². The SMILES string of the molecule is CC(Oc1ccc(CC(N)=S)cc1)C(=O)N1CCOCC1. The smallest absolute Gasteiger partial charge is 0.263 e. The first-order valence-corrected chi connectivity index (χ1v) is 7.37. The number of hydrogen-bond acceptors (Lipinski definition) is 4. The average molecular weight is 308 g/mol. The molecule has 2 N–H and O–H groups in total. The van der Waals surface area contributed by atoms with E-state index in [0.717, 1.165) is 5.56 Å². The zero-order chi connectivity index (χ0) is 15.2. The van der Waals surface area contributed by atoms with E-state index in [-0.39, 0.29) is 5.91 Å². The summed E-state index contributed by atoms with van der Waals surface area (Å²) in [6.07, 6.45) is 0.0576. The van der Waals surface area contributed by atoms with E-state index < -0.39 is 6.10 Å². The van der Waals surface area contributed by atoms with E-state index in [2.05, 4.69) is 0 Å². The van der Waals surface area contributed by atoms with Crippen LogP contribution in [0.4, 0.5) is 0 Å². The summed E-state index contributed by atoms with van der Waals surface area (Å²) in [7, 11) is 0. The lowest BCUT2D eigenvalue weighted by Gasteiger charge is -2.29. The largest absolute Gasteiger partial charge is 0.481 e. The number of nitrogens with two attached hydrogens (primary N) is 1.